The minimum Gasteiger partial charge on any atom is -0.396 e. The lowest BCUT2D eigenvalue weighted by atomic mass is 10.0. The molecule has 1 atom stereocenters. The first-order valence-electron chi connectivity index (χ1n) is 4.42. The number of benzene rings is 1. The van der Waals surface area contributed by atoms with Gasteiger partial charge in [-0.1, -0.05) is 11.2 Å². The summed E-state index contributed by atoms with van der Waals surface area (Å²) in [5, 5.41) is 11.9. The number of hydrogen-bond acceptors (Lipinski definition) is 2. The lowest BCUT2D eigenvalue weighted by Gasteiger charge is -2.12. The topological polar surface area (TPSA) is 69.0 Å². The van der Waals surface area contributed by atoms with Crippen LogP contribution in [0, 0.1) is 5.82 Å². The maximum Gasteiger partial charge on any atom is 0.416 e. The number of alkyl halides is 3. The number of aliphatic hydroxyl groups excluding tert-OH is 1. The monoisotopic (exact) mass is 249 g/mol. The molecule has 0 saturated carbocycles. The molecule has 0 aliphatic heterocycles. The van der Waals surface area contributed by atoms with Crippen LogP contribution in [-0.4, -0.2) is 11.7 Å². The first kappa shape index (κ1) is 13.3. The van der Waals surface area contributed by atoms with Gasteiger partial charge in [0.25, 0.3) is 0 Å². The maximum absolute atomic E-state index is 13.3. The molecule has 1 rings (SSSR count). The van der Waals surface area contributed by atoms with Crippen molar-refractivity contribution in [1.29, 1.82) is 0 Å². The average Bonchev–Trinajstić information content (AvgIpc) is 2.25. The molecule has 0 saturated heterocycles. The first-order chi connectivity index (χ1) is 7.90. The van der Waals surface area contributed by atoms with E-state index in [4.69, 9.17) is 10.6 Å². The standard InChI is InChI=1S/C9H7F4N3O/c10-7-3-5(9(11,12)13)1-2-6(7)8(4-17)15-16-14/h1-3,8,17H,4H2. The van der Waals surface area contributed by atoms with Gasteiger partial charge >= 0.3 is 6.18 Å². The molecule has 0 bridgehead atoms. The third-order valence-electron chi connectivity index (χ3n) is 2.05. The van der Waals surface area contributed by atoms with Gasteiger partial charge in [-0.25, -0.2) is 4.39 Å². The van der Waals surface area contributed by atoms with E-state index in [0.717, 1.165) is 6.07 Å². The second kappa shape index (κ2) is 5.03. The van der Waals surface area contributed by atoms with Crippen LogP contribution in [0.2, 0.25) is 0 Å². The zero-order valence-electron chi connectivity index (χ0n) is 8.32. The van der Waals surface area contributed by atoms with E-state index in [0.29, 0.717) is 12.1 Å². The van der Waals surface area contributed by atoms with E-state index in [9.17, 15) is 17.6 Å². The van der Waals surface area contributed by atoms with Gasteiger partial charge < -0.3 is 5.11 Å². The summed E-state index contributed by atoms with van der Waals surface area (Å²) in [6.45, 7) is -0.688. The van der Waals surface area contributed by atoms with Gasteiger partial charge in [-0.05, 0) is 23.2 Å². The predicted molar refractivity (Wildman–Crippen MR) is 50.4 cm³/mol. The van der Waals surface area contributed by atoms with Gasteiger partial charge in [-0.2, -0.15) is 13.2 Å². The number of rotatable bonds is 3. The SMILES string of the molecule is [N-]=[N+]=NC(CO)c1ccc(C(F)(F)F)cc1F. The van der Waals surface area contributed by atoms with E-state index in [2.05, 4.69) is 10.0 Å². The highest BCUT2D eigenvalue weighted by molar-refractivity contribution is 5.28. The number of hydrogen-bond donors (Lipinski definition) is 1. The Morgan fingerprint density at radius 2 is 2.06 bits per heavy atom. The fourth-order valence-corrected chi connectivity index (χ4v) is 1.23. The molecule has 0 amide bonds. The van der Waals surface area contributed by atoms with E-state index in [1.165, 1.54) is 0 Å². The van der Waals surface area contributed by atoms with E-state index in [1.54, 1.807) is 0 Å². The highest BCUT2D eigenvalue weighted by Crippen LogP contribution is 2.31. The molecule has 1 aromatic carbocycles. The van der Waals surface area contributed by atoms with E-state index in [-0.39, 0.29) is 5.56 Å². The molecule has 1 N–H and O–H groups in total. The van der Waals surface area contributed by atoms with Crippen molar-refractivity contribution in [1.82, 2.24) is 0 Å². The number of aliphatic hydroxyl groups is 1. The molecule has 0 fully saturated rings. The molecule has 1 unspecified atom stereocenters. The number of azide groups is 1. The van der Waals surface area contributed by atoms with Crippen LogP contribution in [0.25, 0.3) is 10.4 Å². The Labute approximate surface area is 93.1 Å². The predicted octanol–water partition coefficient (Wildman–Crippen LogP) is 3.19. The molecule has 0 heterocycles. The van der Waals surface area contributed by atoms with E-state index >= 15 is 0 Å². The normalized spacial score (nSPS) is 13.0. The number of halogens is 4. The van der Waals surface area contributed by atoms with Crippen molar-refractivity contribution in [3.05, 3.63) is 45.6 Å². The molecule has 0 radical (unpaired) electrons. The van der Waals surface area contributed by atoms with Crippen LogP contribution in [0.4, 0.5) is 17.6 Å². The zero-order valence-corrected chi connectivity index (χ0v) is 8.32. The summed E-state index contributed by atoms with van der Waals surface area (Å²) < 4.78 is 50.0. The summed E-state index contributed by atoms with van der Waals surface area (Å²) in [5.41, 5.74) is 6.73. The smallest absolute Gasteiger partial charge is 0.396 e. The van der Waals surface area contributed by atoms with Gasteiger partial charge in [0.2, 0.25) is 0 Å². The molecule has 0 aliphatic rings. The Hall–Kier alpha value is -1.79. The second-order valence-electron chi connectivity index (χ2n) is 3.14. The van der Waals surface area contributed by atoms with Crippen molar-refractivity contribution in [2.45, 2.75) is 12.2 Å². The molecule has 1 aromatic rings. The van der Waals surface area contributed by atoms with Crippen molar-refractivity contribution in [2.24, 2.45) is 5.11 Å². The lowest BCUT2D eigenvalue weighted by Crippen LogP contribution is -2.08. The largest absolute Gasteiger partial charge is 0.416 e. The molecule has 8 heteroatoms. The van der Waals surface area contributed by atoms with E-state index in [1.807, 2.05) is 0 Å². The van der Waals surface area contributed by atoms with Gasteiger partial charge in [0.05, 0.1) is 18.2 Å². The molecule has 4 nitrogen and oxygen atoms in total. The molecular formula is C9H7F4N3O. The summed E-state index contributed by atoms with van der Waals surface area (Å²) in [4.78, 5) is 2.37. The van der Waals surface area contributed by atoms with Crippen LogP contribution in [0.15, 0.2) is 23.3 Å². The van der Waals surface area contributed by atoms with Crippen molar-refractivity contribution < 1.29 is 22.7 Å². The summed E-state index contributed by atoms with van der Waals surface area (Å²) in [5.74, 6) is -1.17. The summed E-state index contributed by atoms with van der Waals surface area (Å²) in [6, 6.07) is 0.564. The van der Waals surface area contributed by atoms with Gasteiger partial charge in [0.15, 0.2) is 0 Å². The summed E-state index contributed by atoms with van der Waals surface area (Å²) in [7, 11) is 0. The van der Waals surface area contributed by atoms with Gasteiger partial charge in [0, 0.05) is 4.91 Å². The minimum atomic E-state index is -4.65. The first-order valence-corrected chi connectivity index (χ1v) is 4.42. The second-order valence-corrected chi connectivity index (χ2v) is 3.14. The van der Waals surface area contributed by atoms with Crippen LogP contribution < -0.4 is 0 Å². The van der Waals surface area contributed by atoms with Crippen LogP contribution >= 0.6 is 0 Å². The average molecular weight is 249 g/mol. The Kier molecular flexibility index (Phi) is 3.93. The Morgan fingerprint density at radius 3 is 2.47 bits per heavy atom. The van der Waals surface area contributed by atoms with Crippen molar-refractivity contribution >= 4 is 0 Å². The highest BCUT2D eigenvalue weighted by atomic mass is 19.4. The van der Waals surface area contributed by atoms with Crippen LogP contribution in [0.3, 0.4) is 0 Å². The minimum absolute atomic E-state index is 0.279. The van der Waals surface area contributed by atoms with Gasteiger partial charge in [0.1, 0.15) is 5.82 Å². The van der Waals surface area contributed by atoms with Crippen molar-refractivity contribution in [3.8, 4) is 0 Å². The molecule has 92 valence electrons. The number of nitrogens with zero attached hydrogens (tertiary/aromatic N) is 3. The van der Waals surface area contributed by atoms with E-state index < -0.39 is 30.2 Å². The van der Waals surface area contributed by atoms with Crippen LogP contribution in [-0.2, 0) is 6.18 Å². The molecule has 17 heavy (non-hydrogen) atoms. The van der Waals surface area contributed by atoms with Crippen LogP contribution in [0.1, 0.15) is 17.2 Å². The van der Waals surface area contributed by atoms with Crippen molar-refractivity contribution in [2.75, 3.05) is 6.61 Å². The fourth-order valence-electron chi connectivity index (χ4n) is 1.23. The molecule has 0 spiro atoms. The third kappa shape index (κ3) is 3.08. The Balaban J connectivity index is 3.17. The summed E-state index contributed by atoms with van der Waals surface area (Å²) in [6.07, 6.45) is -4.65. The maximum atomic E-state index is 13.3. The third-order valence-corrected chi connectivity index (χ3v) is 2.05. The molecule has 0 aromatic heterocycles. The van der Waals surface area contributed by atoms with Crippen molar-refractivity contribution in [3.63, 3.8) is 0 Å². The summed E-state index contributed by atoms with van der Waals surface area (Å²) >= 11 is 0. The lowest BCUT2D eigenvalue weighted by molar-refractivity contribution is -0.137. The quantitative estimate of drug-likeness (QED) is 0.380. The Morgan fingerprint density at radius 1 is 1.41 bits per heavy atom. The van der Waals surface area contributed by atoms with Gasteiger partial charge in [-0.15, -0.1) is 0 Å². The zero-order chi connectivity index (χ0) is 13.1. The fraction of sp³-hybridized carbons (Fsp3) is 0.333. The van der Waals surface area contributed by atoms with Crippen LogP contribution in [0.5, 0.6) is 0 Å². The molecule has 0 aliphatic carbocycles. The Bertz CT molecular complexity index is 454. The highest BCUT2D eigenvalue weighted by Gasteiger charge is 2.31. The van der Waals surface area contributed by atoms with Gasteiger partial charge in [-0.3, -0.25) is 0 Å². The molecular weight excluding hydrogens is 242 g/mol.